The minimum atomic E-state index is -3.69. The van der Waals surface area contributed by atoms with Crippen molar-refractivity contribution in [3.05, 3.63) is 89.7 Å². The summed E-state index contributed by atoms with van der Waals surface area (Å²) in [5.41, 5.74) is 1.37. The predicted molar refractivity (Wildman–Crippen MR) is 125 cm³/mol. The Kier molecular flexibility index (Phi) is 7.98. The van der Waals surface area contributed by atoms with Crippen LogP contribution in [0.15, 0.2) is 77.7 Å². The highest BCUT2D eigenvalue weighted by Gasteiger charge is 2.19. The molecule has 0 radical (unpaired) electrons. The van der Waals surface area contributed by atoms with Crippen LogP contribution in [0.1, 0.15) is 15.9 Å². The van der Waals surface area contributed by atoms with Crippen LogP contribution >= 0.6 is 0 Å². The van der Waals surface area contributed by atoms with Crippen molar-refractivity contribution < 1.29 is 27.1 Å². The van der Waals surface area contributed by atoms with Gasteiger partial charge >= 0.3 is 0 Å². The number of amides is 2. The first kappa shape index (κ1) is 24.9. The summed E-state index contributed by atoms with van der Waals surface area (Å²) in [5.74, 6) is -1.05. The van der Waals surface area contributed by atoms with Gasteiger partial charge < -0.3 is 15.4 Å². The van der Waals surface area contributed by atoms with Crippen molar-refractivity contribution in [2.75, 3.05) is 26.0 Å². The molecule has 0 fully saturated rings. The molecule has 0 aliphatic rings. The molecule has 0 spiro atoms. The van der Waals surface area contributed by atoms with Crippen LogP contribution in [0.25, 0.3) is 0 Å². The second kappa shape index (κ2) is 10.9. The predicted octanol–water partition coefficient (Wildman–Crippen LogP) is 3.02. The zero-order chi connectivity index (χ0) is 24.7. The third-order valence-electron chi connectivity index (χ3n) is 4.70. The Labute approximate surface area is 197 Å². The average molecular weight is 486 g/mol. The van der Waals surface area contributed by atoms with Gasteiger partial charge in [-0.1, -0.05) is 24.3 Å². The van der Waals surface area contributed by atoms with Gasteiger partial charge in [-0.05, 0) is 48.0 Å². The van der Waals surface area contributed by atoms with Crippen LogP contribution in [-0.4, -0.2) is 45.2 Å². The highest BCUT2D eigenvalue weighted by atomic mass is 32.2. The number of halogens is 1. The van der Waals surface area contributed by atoms with E-state index in [1.165, 1.54) is 50.5 Å². The highest BCUT2D eigenvalue weighted by Crippen LogP contribution is 2.17. The average Bonchev–Trinajstić information content (AvgIpc) is 2.81. The summed E-state index contributed by atoms with van der Waals surface area (Å²) in [6.45, 7) is -0.135. The van der Waals surface area contributed by atoms with Crippen molar-refractivity contribution in [3.8, 4) is 5.75 Å². The molecule has 2 amide bonds. The molecule has 0 aliphatic heterocycles. The van der Waals surface area contributed by atoms with Crippen molar-refractivity contribution in [1.29, 1.82) is 0 Å². The number of sulfonamides is 1. The summed E-state index contributed by atoms with van der Waals surface area (Å²) >= 11 is 0. The number of anilines is 1. The lowest BCUT2D eigenvalue weighted by atomic mass is 10.2. The Morgan fingerprint density at radius 2 is 1.71 bits per heavy atom. The molecule has 0 bridgehead atoms. The Morgan fingerprint density at radius 1 is 0.971 bits per heavy atom. The van der Waals surface area contributed by atoms with Crippen LogP contribution in [0, 0.1) is 5.82 Å². The van der Waals surface area contributed by atoms with E-state index in [9.17, 15) is 22.4 Å². The van der Waals surface area contributed by atoms with Crippen LogP contribution in [0.5, 0.6) is 5.75 Å². The third kappa shape index (κ3) is 6.63. The van der Waals surface area contributed by atoms with Gasteiger partial charge in [0.1, 0.15) is 18.2 Å². The maximum absolute atomic E-state index is 13.3. The molecule has 3 aromatic carbocycles. The summed E-state index contributed by atoms with van der Waals surface area (Å²) in [6, 6.07) is 18.3. The topological polar surface area (TPSA) is 105 Å². The van der Waals surface area contributed by atoms with Gasteiger partial charge in [-0.2, -0.15) is 0 Å². The van der Waals surface area contributed by atoms with Crippen LogP contribution in [0.2, 0.25) is 0 Å². The van der Waals surface area contributed by atoms with Gasteiger partial charge in [0.15, 0.2) is 0 Å². The molecule has 0 unspecified atom stereocenters. The molecule has 0 aliphatic carbocycles. The molecule has 3 aromatic rings. The van der Waals surface area contributed by atoms with Gasteiger partial charge in [-0.25, -0.2) is 17.1 Å². The maximum Gasteiger partial charge on any atom is 0.251 e. The number of nitrogens with zero attached hydrogens (tertiary/aromatic N) is 1. The van der Waals surface area contributed by atoms with E-state index in [2.05, 4.69) is 10.6 Å². The molecular weight excluding hydrogens is 461 g/mol. The summed E-state index contributed by atoms with van der Waals surface area (Å²) < 4.78 is 44.4. The van der Waals surface area contributed by atoms with Gasteiger partial charge in [-0.3, -0.25) is 9.59 Å². The van der Waals surface area contributed by atoms with Crippen LogP contribution in [0.3, 0.4) is 0 Å². The van der Waals surface area contributed by atoms with Gasteiger partial charge in [0.25, 0.3) is 5.91 Å². The fraction of sp³-hybridized carbons (Fsp3) is 0.167. The van der Waals surface area contributed by atoms with E-state index in [4.69, 9.17) is 4.74 Å². The fourth-order valence-corrected chi connectivity index (χ4v) is 3.89. The van der Waals surface area contributed by atoms with Crippen molar-refractivity contribution in [1.82, 2.24) is 9.62 Å². The van der Waals surface area contributed by atoms with Gasteiger partial charge in [-0.15, -0.1) is 0 Å². The summed E-state index contributed by atoms with van der Waals surface area (Å²) in [6.07, 6.45) is 0. The number of rotatable bonds is 9. The van der Waals surface area contributed by atoms with E-state index in [0.717, 1.165) is 9.87 Å². The monoisotopic (exact) mass is 485 g/mol. The lowest BCUT2D eigenvalue weighted by Crippen LogP contribution is -2.33. The van der Waals surface area contributed by atoms with Gasteiger partial charge in [0.05, 0.1) is 11.4 Å². The van der Waals surface area contributed by atoms with E-state index in [1.807, 2.05) is 0 Å². The number of ether oxygens (including phenoxy) is 1. The number of benzene rings is 3. The Balaban J connectivity index is 1.55. The van der Waals surface area contributed by atoms with Crippen molar-refractivity contribution in [2.45, 2.75) is 11.5 Å². The first-order chi connectivity index (χ1) is 16.1. The van der Waals surface area contributed by atoms with E-state index in [-0.39, 0.29) is 23.6 Å². The number of hydrogen-bond acceptors (Lipinski definition) is 5. The Bertz CT molecular complexity index is 1300. The standard InChI is InChI=1S/C24H24FN3O5S/c1-28(2)34(31,32)22-11-4-7-18(13-22)24(30)26-15-23(29)27-20-9-3-6-17(12-20)16-33-21-10-5-8-19(25)14-21/h3-14H,15-16H2,1-2H3,(H,26,30)(H,27,29). The zero-order valence-corrected chi connectivity index (χ0v) is 19.4. The lowest BCUT2D eigenvalue weighted by Gasteiger charge is -2.12. The second-order valence-corrected chi connectivity index (χ2v) is 9.64. The molecule has 3 rings (SSSR count). The normalized spacial score (nSPS) is 11.2. The van der Waals surface area contributed by atoms with Crippen LogP contribution < -0.4 is 15.4 Å². The van der Waals surface area contributed by atoms with Gasteiger partial charge in [0.2, 0.25) is 15.9 Å². The summed E-state index contributed by atoms with van der Waals surface area (Å²) in [5, 5.41) is 5.15. The molecule has 0 aromatic heterocycles. The molecule has 8 nitrogen and oxygen atoms in total. The molecule has 0 atom stereocenters. The van der Waals surface area contributed by atoms with Gasteiger partial charge in [0, 0.05) is 31.4 Å². The molecule has 178 valence electrons. The van der Waals surface area contributed by atoms with Crippen molar-refractivity contribution in [2.24, 2.45) is 0 Å². The number of hydrogen-bond donors (Lipinski definition) is 2. The van der Waals surface area contributed by atoms with Crippen molar-refractivity contribution >= 4 is 27.5 Å². The fourth-order valence-electron chi connectivity index (χ4n) is 2.94. The van der Waals surface area contributed by atoms with E-state index in [0.29, 0.717) is 11.4 Å². The molecule has 2 N–H and O–H groups in total. The quantitative estimate of drug-likeness (QED) is 0.485. The van der Waals surface area contributed by atoms with E-state index in [1.54, 1.807) is 36.4 Å². The number of carbonyl (C=O) groups excluding carboxylic acids is 2. The molecule has 0 heterocycles. The minimum absolute atomic E-state index is 0.0214. The summed E-state index contributed by atoms with van der Waals surface area (Å²) in [4.78, 5) is 24.7. The molecule has 10 heteroatoms. The van der Waals surface area contributed by atoms with E-state index < -0.39 is 27.7 Å². The summed E-state index contributed by atoms with van der Waals surface area (Å²) in [7, 11) is -0.893. The maximum atomic E-state index is 13.3. The van der Waals surface area contributed by atoms with Crippen LogP contribution in [0.4, 0.5) is 10.1 Å². The van der Waals surface area contributed by atoms with Crippen molar-refractivity contribution in [3.63, 3.8) is 0 Å². The zero-order valence-electron chi connectivity index (χ0n) is 18.6. The first-order valence-corrected chi connectivity index (χ1v) is 11.7. The molecule has 0 saturated carbocycles. The first-order valence-electron chi connectivity index (χ1n) is 10.2. The largest absolute Gasteiger partial charge is 0.489 e. The van der Waals surface area contributed by atoms with Crippen LogP contribution in [-0.2, 0) is 21.4 Å². The molecular formula is C24H24FN3O5S. The Hall–Kier alpha value is -3.76. The third-order valence-corrected chi connectivity index (χ3v) is 6.51. The number of carbonyl (C=O) groups is 2. The smallest absolute Gasteiger partial charge is 0.251 e. The minimum Gasteiger partial charge on any atom is -0.489 e. The lowest BCUT2D eigenvalue weighted by molar-refractivity contribution is -0.115. The Morgan fingerprint density at radius 3 is 2.44 bits per heavy atom. The number of nitrogens with one attached hydrogen (secondary N) is 2. The SMILES string of the molecule is CN(C)S(=O)(=O)c1cccc(C(=O)NCC(=O)Nc2cccc(COc3cccc(F)c3)c2)c1. The second-order valence-electron chi connectivity index (χ2n) is 7.49. The van der Waals surface area contributed by atoms with E-state index >= 15 is 0 Å². The highest BCUT2D eigenvalue weighted by molar-refractivity contribution is 7.89. The molecule has 0 saturated heterocycles. The molecule has 34 heavy (non-hydrogen) atoms.